The number of carbonyl (C=O) groups is 1. The Bertz CT molecular complexity index is 545. The van der Waals surface area contributed by atoms with Gasteiger partial charge < -0.3 is 9.26 Å². The first-order valence-electron chi connectivity index (χ1n) is 4.94. The number of rotatable bonds is 2. The number of carbonyl (C=O) groups excluding carboxylic acids is 1. The van der Waals surface area contributed by atoms with Crippen molar-refractivity contribution in [1.82, 2.24) is 5.16 Å². The van der Waals surface area contributed by atoms with Gasteiger partial charge in [-0.15, -0.1) is 0 Å². The van der Waals surface area contributed by atoms with Gasteiger partial charge in [0, 0.05) is 16.1 Å². The zero-order valence-electron chi connectivity index (χ0n) is 9.36. The van der Waals surface area contributed by atoms with Crippen molar-refractivity contribution >= 4 is 17.6 Å². The number of benzene rings is 1. The maximum atomic E-state index is 11.4. The van der Waals surface area contributed by atoms with Gasteiger partial charge in [-0.3, -0.25) is 0 Å². The lowest BCUT2D eigenvalue weighted by molar-refractivity contribution is 0.0588. The fraction of sp³-hybridized carbons (Fsp3) is 0.167. The van der Waals surface area contributed by atoms with Gasteiger partial charge in [-0.05, 0) is 31.2 Å². The van der Waals surface area contributed by atoms with Gasteiger partial charge in [0.1, 0.15) is 0 Å². The van der Waals surface area contributed by atoms with E-state index in [1.165, 1.54) is 7.11 Å². The summed E-state index contributed by atoms with van der Waals surface area (Å²) < 4.78 is 9.75. The molecule has 0 amide bonds. The molecule has 1 aromatic carbocycles. The van der Waals surface area contributed by atoms with E-state index in [0.717, 1.165) is 5.56 Å². The van der Waals surface area contributed by atoms with Crippen LogP contribution in [0.1, 0.15) is 16.1 Å². The molecule has 0 spiro atoms. The zero-order valence-corrected chi connectivity index (χ0v) is 10.1. The Labute approximate surface area is 103 Å². The average molecular weight is 252 g/mol. The standard InChI is InChI=1S/C12H10ClNO3/c1-7-10(12(15)16-2)14-17-11(7)8-3-5-9(13)6-4-8/h3-6H,1-2H3. The van der Waals surface area contributed by atoms with E-state index in [9.17, 15) is 4.79 Å². The van der Waals surface area contributed by atoms with E-state index in [1.54, 1.807) is 31.2 Å². The summed E-state index contributed by atoms with van der Waals surface area (Å²) in [6.45, 7) is 1.76. The van der Waals surface area contributed by atoms with Gasteiger partial charge in [-0.2, -0.15) is 0 Å². The third kappa shape index (κ3) is 2.17. The molecule has 0 N–H and O–H groups in total. The first kappa shape index (κ1) is 11.7. The predicted octanol–water partition coefficient (Wildman–Crippen LogP) is 3.09. The van der Waals surface area contributed by atoms with E-state index >= 15 is 0 Å². The van der Waals surface area contributed by atoms with Gasteiger partial charge >= 0.3 is 5.97 Å². The lowest BCUT2D eigenvalue weighted by Crippen LogP contribution is -2.03. The summed E-state index contributed by atoms with van der Waals surface area (Å²) >= 11 is 5.80. The fourth-order valence-electron chi connectivity index (χ4n) is 1.49. The molecule has 0 saturated carbocycles. The van der Waals surface area contributed by atoms with E-state index < -0.39 is 5.97 Å². The normalized spacial score (nSPS) is 10.3. The molecule has 0 bridgehead atoms. The van der Waals surface area contributed by atoms with E-state index in [1.807, 2.05) is 0 Å². The highest BCUT2D eigenvalue weighted by atomic mass is 35.5. The number of hydrogen-bond acceptors (Lipinski definition) is 4. The lowest BCUT2D eigenvalue weighted by Gasteiger charge is -1.98. The highest BCUT2D eigenvalue weighted by Crippen LogP contribution is 2.27. The Balaban J connectivity index is 2.44. The molecule has 2 rings (SSSR count). The van der Waals surface area contributed by atoms with Crippen LogP contribution in [-0.2, 0) is 4.74 Å². The largest absolute Gasteiger partial charge is 0.464 e. The second kappa shape index (κ2) is 4.59. The maximum Gasteiger partial charge on any atom is 0.360 e. The highest BCUT2D eigenvalue weighted by molar-refractivity contribution is 6.30. The number of esters is 1. The SMILES string of the molecule is COC(=O)c1noc(-c2ccc(Cl)cc2)c1C. The zero-order chi connectivity index (χ0) is 12.4. The number of ether oxygens (including phenoxy) is 1. The third-order valence-electron chi connectivity index (χ3n) is 2.41. The topological polar surface area (TPSA) is 52.3 Å². The van der Waals surface area contributed by atoms with Crippen LogP contribution in [0.15, 0.2) is 28.8 Å². The Morgan fingerprint density at radius 3 is 2.59 bits per heavy atom. The fourth-order valence-corrected chi connectivity index (χ4v) is 1.62. The number of hydrogen-bond donors (Lipinski definition) is 0. The molecule has 0 radical (unpaired) electrons. The quantitative estimate of drug-likeness (QED) is 0.770. The van der Waals surface area contributed by atoms with Crippen molar-refractivity contribution in [2.75, 3.05) is 7.11 Å². The molecule has 0 aliphatic carbocycles. The minimum atomic E-state index is -0.508. The molecule has 0 aliphatic rings. The van der Waals surface area contributed by atoms with Crippen LogP contribution in [0.2, 0.25) is 5.02 Å². The molecule has 0 atom stereocenters. The van der Waals surface area contributed by atoms with Crippen LogP contribution < -0.4 is 0 Å². The second-order valence-corrected chi connectivity index (χ2v) is 3.92. The van der Waals surface area contributed by atoms with Gasteiger partial charge in [-0.1, -0.05) is 16.8 Å². The monoisotopic (exact) mass is 251 g/mol. The minimum absolute atomic E-state index is 0.192. The van der Waals surface area contributed by atoms with Crippen LogP contribution in [-0.4, -0.2) is 18.2 Å². The van der Waals surface area contributed by atoms with Crippen LogP contribution in [0.4, 0.5) is 0 Å². The van der Waals surface area contributed by atoms with Crippen LogP contribution >= 0.6 is 11.6 Å². The highest BCUT2D eigenvalue weighted by Gasteiger charge is 2.19. The molecule has 0 saturated heterocycles. The molecular formula is C12H10ClNO3. The Morgan fingerprint density at radius 2 is 2.00 bits per heavy atom. The number of nitrogens with zero attached hydrogens (tertiary/aromatic N) is 1. The van der Waals surface area contributed by atoms with Gasteiger partial charge in [0.15, 0.2) is 11.5 Å². The second-order valence-electron chi connectivity index (χ2n) is 3.48. The number of methoxy groups -OCH3 is 1. The summed E-state index contributed by atoms with van der Waals surface area (Å²) in [4.78, 5) is 11.4. The molecule has 17 heavy (non-hydrogen) atoms. The molecule has 0 fully saturated rings. The van der Waals surface area contributed by atoms with Crippen molar-refractivity contribution in [3.63, 3.8) is 0 Å². The predicted molar refractivity (Wildman–Crippen MR) is 63.0 cm³/mol. The van der Waals surface area contributed by atoms with E-state index in [2.05, 4.69) is 9.89 Å². The van der Waals surface area contributed by atoms with Gasteiger partial charge in [0.25, 0.3) is 0 Å². The lowest BCUT2D eigenvalue weighted by atomic mass is 10.1. The summed E-state index contributed by atoms with van der Waals surface area (Å²) in [6, 6.07) is 7.10. The summed E-state index contributed by atoms with van der Waals surface area (Å²) in [5.41, 5.74) is 1.66. The third-order valence-corrected chi connectivity index (χ3v) is 2.66. The van der Waals surface area contributed by atoms with E-state index in [0.29, 0.717) is 16.3 Å². The Kier molecular flexibility index (Phi) is 3.15. The van der Waals surface area contributed by atoms with E-state index in [4.69, 9.17) is 16.1 Å². The molecule has 88 valence electrons. The van der Waals surface area contributed by atoms with Crippen LogP contribution in [0, 0.1) is 6.92 Å². The molecule has 0 aliphatic heterocycles. The Morgan fingerprint density at radius 1 is 1.35 bits per heavy atom. The van der Waals surface area contributed by atoms with Crippen molar-refractivity contribution < 1.29 is 14.1 Å². The van der Waals surface area contributed by atoms with Crippen molar-refractivity contribution in [3.05, 3.63) is 40.5 Å². The average Bonchev–Trinajstić information content (AvgIpc) is 2.71. The van der Waals surface area contributed by atoms with Crippen LogP contribution in [0.3, 0.4) is 0 Å². The smallest absolute Gasteiger partial charge is 0.360 e. The summed E-state index contributed by atoms with van der Waals surface area (Å²) in [5.74, 6) is 0.0357. The first-order chi connectivity index (χ1) is 8.13. The maximum absolute atomic E-state index is 11.4. The summed E-state index contributed by atoms with van der Waals surface area (Å²) in [6.07, 6.45) is 0. The first-order valence-corrected chi connectivity index (χ1v) is 5.32. The van der Waals surface area contributed by atoms with Crippen molar-refractivity contribution in [3.8, 4) is 11.3 Å². The van der Waals surface area contributed by atoms with Crippen LogP contribution in [0.25, 0.3) is 11.3 Å². The number of aromatic nitrogens is 1. The number of halogens is 1. The minimum Gasteiger partial charge on any atom is -0.464 e. The van der Waals surface area contributed by atoms with Crippen LogP contribution in [0.5, 0.6) is 0 Å². The van der Waals surface area contributed by atoms with Gasteiger partial charge in [0.2, 0.25) is 0 Å². The summed E-state index contributed by atoms with van der Waals surface area (Å²) in [5, 5.41) is 4.34. The van der Waals surface area contributed by atoms with Gasteiger partial charge in [-0.25, -0.2) is 4.79 Å². The molecule has 0 unspecified atom stereocenters. The molecule has 4 nitrogen and oxygen atoms in total. The van der Waals surface area contributed by atoms with E-state index in [-0.39, 0.29) is 5.69 Å². The van der Waals surface area contributed by atoms with Crippen molar-refractivity contribution in [1.29, 1.82) is 0 Å². The van der Waals surface area contributed by atoms with Crippen molar-refractivity contribution in [2.24, 2.45) is 0 Å². The molecule has 1 heterocycles. The molecular weight excluding hydrogens is 242 g/mol. The molecule has 2 aromatic rings. The Hall–Kier alpha value is -1.81. The van der Waals surface area contributed by atoms with Crippen molar-refractivity contribution in [2.45, 2.75) is 6.92 Å². The summed E-state index contributed by atoms with van der Waals surface area (Å²) in [7, 11) is 1.30. The molecule has 5 heteroatoms. The molecule has 1 aromatic heterocycles. The van der Waals surface area contributed by atoms with Gasteiger partial charge in [0.05, 0.1) is 7.11 Å².